The molecule has 0 fully saturated rings. The fraction of sp³-hybridized carbons (Fsp3) is 0.167. The van der Waals surface area contributed by atoms with Crippen LogP contribution >= 0.6 is 0 Å². The van der Waals surface area contributed by atoms with Crippen molar-refractivity contribution in [2.24, 2.45) is 0 Å². The Labute approximate surface area is 745 Å². The van der Waals surface area contributed by atoms with Crippen LogP contribution in [0.2, 0.25) is 0 Å². The Balaban J connectivity index is 0.000000156. The fourth-order valence-corrected chi connectivity index (χ4v) is 24.5. The predicted octanol–water partition coefficient (Wildman–Crippen LogP) is 31.5. The summed E-state index contributed by atoms with van der Waals surface area (Å²) in [6.07, 6.45) is 0. The topological polar surface area (TPSA) is 9.23 Å². The van der Waals surface area contributed by atoms with Crippen LogP contribution in [0.4, 0.5) is 39.5 Å². The molecule has 0 aliphatic heterocycles. The van der Waals surface area contributed by atoms with Crippen molar-refractivity contribution in [3.05, 3.63) is 445 Å². The van der Waals surface area contributed by atoms with Gasteiger partial charge >= 0.3 is 16.5 Å². The molecule has 0 aliphatic carbocycles. The second-order valence-electron chi connectivity index (χ2n) is 31.1. The average molecular weight is 1780 g/mol. The summed E-state index contributed by atoms with van der Waals surface area (Å²) in [5, 5.41) is 0. The predicted molar refractivity (Wildman–Crippen MR) is 505 cm³/mol. The monoisotopic (exact) mass is 1780 g/mol. The minimum Gasteiger partial charge on any atom is -0.496 e. The second kappa shape index (κ2) is 44.9. The van der Waals surface area contributed by atoms with Gasteiger partial charge in [-0.2, -0.15) is 0 Å². The fourth-order valence-electron chi connectivity index (χ4n) is 13.1. The molecule has 15 rings (SSSR count). The Morgan fingerprint density at radius 2 is 0.347 bits per heavy atom. The van der Waals surface area contributed by atoms with E-state index in [0.717, 1.165) is 11.1 Å². The van der Waals surface area contributed by atoms with Crippen molar-refractivity contribution in [2.45, 2.75) is 184 Å². The quantitative estimate of drug-likeness (QED) is 0.0692. The van der Waals surface area contributed by atoms with Crippen LogP contribution in [0.15, 0.2) is 474 Å². The molecule has 0 spiro atoms. The lowest BCUT2D eigenvalue weighted by molar-refractivity contribution is -0.0379. The number of alkyl halides is 9. The van der Waals surface area contributed by atoms with E-state index < -0.39 is 49.2 Å². The lowest BCUT2D eigenvalue weighted by Crippen LogP contribution is -2.24. The number of ether oxygens (including phenoxy) is 1. The summed E-state index contributed by atoms with van der Waals surface area (Å²) < 4.78 is 126. The summed E-state index contributed by atoms with van der Waals surface area (Å²) in [6, 6.07) is 130. The molecule has 16 heteroatoms. The standard InChI is InChI=1S/C21H26F3S.C21H21S.C19H17S.C18H15S.C16H16F3OS.C13H10F3S/c1-19(2,3)15-7-11-17(12-8-15)25(21(22,23)24)18-13-9-16(10-14-18)20(4,5)6;1-16-4-10-19(11-5-16)22(20-12-6-17(2)7-13-20)21-14-8-18(3)9-15-21;1-16-12-14-19(15-13-16)20(17-8-4-2-5-9-17)18-10-6-3-7-11-18;1-4-10-16(11-5-1)19(17-12-6-2-7-13-17)18-14-8-3-9-15-18;1-11-9-14(10-12(2)15(11)20-3)21(16(17,18)19)13-7-5-4-6-8-13;14-13(15,16)17(11-7-3-1-4-8-11)12-9-5-2-6-10-12/h7-14H,1-6H3;4-15H,1-3H3;2-15H,1H3;1-15H;4-10H,1-3H3;1-10H/q6*+1. The van der Waals surface area contributed by atoms with Gasteiger partial charge in [0.25, 0.3) is 0 Å². The second-order valence-corrected chi connectivity index (χ2v) is 43.2. The molecule has 0 aliphatic rings. The summed E-state index contributed by atoms with van der Waals surface area (Å²) in [5.74, 6) is 0.637. The minimum atomic E-state index is -4.31. The lowest BCUT2D eigenvalue weighted by Gasteiger charge is -2.20. The maximum atomic E-state index is 13.8. The zero-order valence-corrected chi connectivity index (χ0v) is 76.8. The molecular formula is C108H105F9OS6+6. The minimum absolute atomic E-state index is 0.0146. The van der Waals surface area contributed by atoms with Crippen molar-refractivity contribution < 1.29 is 44.3 Å². The van der Waals surface area contributed by atoms with E-state index in [2.05, 4.69) is 318 Å². The highest BCUT2D eigenvalue weighted by Crippen LogP contribution is 2.44. The molecular weight excluding hydrogens is 1680 g/mol. The van der Waals surface area contributed by atoms with Gasteiger partial charge in [0.15, 0.2) is 106 Å². The van der Waals surface area contributed by atoms with Crippen LogP contribution in [-0.4, -0.2) is 23.6 Å². The van der Waals surface area contributed by atoms with Crippen molar-refractivity contribution in [2.75, 3.05) is 7.11 Å². The summed E-state index contributed by atoms with van der Waals surface area (Å²) in [4.78, 5) is 14.1. The molecule has 0 N–H and O–H groups in total. The van der Waals surface area contributed by atoms with Gasteiger partial charge in [-0.05, 0) is 244 Å². The summed E-state index contributed by atoms with van der Waals surface area (Å²) >= 11 is 0. The van der Waals surface area contributed by atoms with Crippen LogP contribution in [0.3, 0.4) is 0 Å². The Morgan fingerprint density at radius 1 is 0.194 bits per heavy atom. The van der Waals surface area contributed by atoms with Crippen LogP contribution in [-0.2, 0) is 76.2 Å². The van der Waals surface area contributed by atoms with Crippen LogP contribution < -0.4 is 4.74 Å². The van der Waals surface area contributed by atoms with Crippen molar-refractivity contribution in [1.82, 2.24) is 0 Å². The van der Waals surface area contributed by atoms with E-state index in [-0.39, 0.29) is 53.3 Å². The maximum absolute atomic E-state index is 13.8. The molecule has 0 saturated heterocycles. The van der Waals surface area contributed by atoms with Crippen molar-refractivity contribution in [1.29, 1.82) is 0 Å². The highest BCUT2D eigenvalue weighted by Gasteiger charge is 2.57. The molecule has 0 aromatic heterocycles. The number of aryl methyl sites for hydroxylation is 6. The highest BCUT2D eigenvalue weighted by molar-refractivity contribution is 7.99. The van der Waals surface area contributed by atoms with Gasteiger partial charge in [-0.25, -0.2) is 0 Å². The summed E-state index contributed by atoms with van der Waals surface area (Å²) in [7, 11) is -4.32. The molecule has 0 bridgehead atoms. The van der Waals surface area contributed by atoms with Crippen molar-refractivity contribution in [3.63, 3.8) is 0 Å². The lowest BCUT2D eigenvalue weighted by atomic mass is 9.87. The number of halogens is 9. The van der Waals surface area contributed by atoms with Crippen LogP contribution in [0.5, 0.6) is 5.75 Å². The Hall–Kier alpha value is -10.4. The van der Waals surface area contributed by atoms with Gasteiger partial charge in [0.1, 0.15) is 5.75 Å². The Morgan fingerprint density at radius 3 is 0.516 bits per heavy atom. The van der Waals surface area contributed by atoms with Gasteiger partial charge in [-0.15, -0.1) is 39.5 Å². The molecule has 1 nitrogen and oxygen atoms in total. The molecule has 0 amide bonds. The molecule has 124 heavy (non-hydrogen) atoms. The number of hydrogen-bond donors (Lipinski definition) is 0. The number of rotatable bonds is 16. The smallest absolute Gasteiger partial charge is 0.496 e. The molecule has 0 radical (unpaired) electrons. The van der Waals surface area contributed by atoms with Crippen LogP contribution in [0, 0.1) is 41.5 Å². The normalized spacial score (nSPS) is 11.8. The third kappa shape index (κ3) is 27.8. The Kier molecular flexibility index (Phi) is 34.7. The molecule has 15 aromatic rings. The van der Waals surface area contributed by atoms with E-state index in [4.69, 9.17) is 4.74 Å². The van der Waals surface area contributed by atoms with Gasteiger partial charge in [-0.1, -0.05) is 282 Å². The van der Waals surface area contributed by atoms with Gasteiger partial charge in [-0.3, -0.25) is 0 Å². The molecule has 636 valence electrons. The van der Waals surface area contributed by atoms with Crippen molar-refractivity contribution in [3.8, 4) is 5.75 Å². The molecule has 1 unspecified atom stereocenters. The van der Waals surface area contributed by atoms with E-state index in [1.807, 2.05) is 24.3 Å². The van der Waals surface area contributed by atoms with Crippen molar-refractivity contribution >= 4 is 65.4 Å². The van der Waals surface area contributed by atoms with Gasteiger partial charge in [0.2, 0.25) is 0 Å². The van der Waals surface area contributed by atoms with Crippen LogP contribution in [0.1, 0.15) is 86.1 Å². The number of methoxy groups -OCH3 is 1. The van der Waals surface area contributed by atoms with Crippen LogP contribution in [0.25, 0.3) is 0 Å². The van der Waals surface area contributed by atoms with E-state index in [9.17, 15) is 39.5 Å². The maximum Gasteiger partial charge on any atom is 0.586 e. The number of benzene rings is 15. The first-order valence-electron chi connectivity index (χ1n) is 40.4. The third-order valence-electron chi connectivity index (χ3n) is 19.3. The first kappa shape index (κ1) is 95.8. The third-order valence-corrected chi connectivity index (χ3v) is 31.8. The first-order valence-corrected chi connectivity index (χ1v) is 47.7. The zero-order chi connectivity index (χ0) is 89.2. The molecule has 1 atom stereocenters. The molecule has 0 heterocycles. The van der Waals surface area contributed by atoms with Gasteiger partial charge in [0, 0.05) is 12.1 Å². The zero-order valence-electron chi connectivity index (χ0n) is 71.9. The molecule has 0 saturated carbocycles. The average Bonchev–Trinajstić information content (AvgIpc) is 0.803. The highest BCUT2D eigenvalue weighted by atomic mass is 32.2. The van der Waals surface area contributed by atoms with E-state index in [0.29, 0.717) is 36.5 Å². The van der Waals surface area contributed by atoms with Gasteiger partial charge < -0.3 is 4.74 Å². The largest absolute Gasteiger partial charge is 0.586 e. The molecule has 15 aromatic carbocycles. The Bertz CT molecular complexity index is 5290. The van der Waals surface area contributed by atoms with E-state index in [1.165, 1.54) is 110 Å². The number of hydrogen-bond acceptors (Lipinski definition) is 1. The van der Waals surface area contributed by atoms with E-state index in [1.54, 1.807) is 105 Å². The van der Waals surface area contributed by atoms with E-state index >= 15 is 0 Å². The summed E-state index contributed by atoms with van der Waals surface area (Å²) in [5.41, 5.74) is -4.30. The SMILES string of the molecule is CC(C)(C)c1ccc([S+](c2ccc(C(C)(C)C)cc2)C(F)(F)F)cc1.COc1c(C)cc([S+](c2ccccc2)C(F)(F)F)cc1C.Cc1ccc([S+](c2ccc(C)cc2)c2ccc(C)cc2)cc1.Cc1ccc([S+](c2ccccc2)c2ccccc2)cc1.FC(F)(F)[S+](c1ccccc1)c1ccccc1.c1ccc([S+](c2ccccc2)c2ccccc2)cc1. The van der Waals surface area contributed by atoms with Gasteiger partial charge in [0.05, 0.1) is 39.8 Å². The summed E-state index contributed by atoms with van der Waals surface area (Å²) in [6.45, 7) is 24.4. The first-order chi connectivity index (χ1) is 59.2.